The van der Waals surface area contributed by atoms with Crippen LogP contribution in [0.1, 0.15) is 5.56 Å². The maximum Gasteiger partial charge on any atom is 0.230 e. The summed E-state index contributed by atoms with van der Waals surface area (Å²) in [4.78, 5) is 16.6. The van der Waals surface area contributed by atoms with Crippen LogP contribution in [0.4, 0.5) is 0 Å². The number of amides is 1. The average Bonchev–Trinajstić information content (AvgIpc) is 3.31. The molecule has 0 aliphatic rings. The van der Waals surface area contributed by atoms with Crippen molar-refractivity contribution in [3.05, 3.63) is 78.6 Å². The first-order valence-corrected chi connectivity index (χ1v) is 11.2. The largest absolute Gasteiger partial charge is 0.497 e. The maximum absolute atomic E-state index is 12.5. The summed E-state index contributed by atoms with van der Waals surface area (Å²) in [5.74, 6) is 2.28. The minimum absolute atomic E-state index is 0.0995. The molecule has 0 fully saturated rings. The van der Waals surface area contributed by atoms with Crippen molar-refractivity contribution < 1.29 is 14.3 Å². The molecule has 2 aromatic heterocycles. The zero-order chi connectivity index (χ0) is 23.0. The molecule has 8 nitrogen and oxygen atoms in total. The minimum Gasteiger partial charge on any atom is -0.497 e. The Morgan fingerprint density at radius 3 is 2.45 bits per heavy atom. The van der Waals surface area contributed by atoms with Crippen molar-refractivity contribution in [1.82, 2.24) is 25.1 Å². The Kier molecular flexibility index (Phi) is 7.21. The van der Waals surface area contributed by atoms with Crippen LogP contribution in [0.3, 0.4) is 0 Å². The summed E-state index contributed by atoms with van der Waals surface area (Å²) in [5.41, 5.74) is 2.71. The molecule has 33 heavy (non-hydrogen) atoms. The highest BCUT2D eigenvalue weighted by Crippen LogP contribution is 2.28. The fourth-order valence-electron chi connectivity index (χ4n) is 3.18. The van der Waals surface area contributed by atoms with Crippen molar-refractivity contribution >= 4 is 17.7 Å². The van der Waals surface area contributed by atoms with Crippen LogP contribution in [0.2, 0.25) is 0 Å². The van der Waals surface area contributed by atoms with Crippen LogP contribution < -0.4 is 14.8 Å². The van der Waals surface area contributed by atoms with E-state index >= 15 is 0 Å². The summed E-state index contributed by atoms with van der Waals surface area (Å²) in [7, 11) is 3.25. The minimum atomic E-state index is -0.0995. The fourth-order valence-corrected chi connectivity index (χ4v) is 3.96. The molecule has 9 heteroatoms. The summed E-state index contributed by atoms with van der Waals surface area (Å²) < 4.78 is 12.4. The Balaban J connectivity index is 1.51. The molecular weight excluding hydrogens is 438 g/mol. The topological polar surface area (TPSA) is 91.2 Å². The predicted octanol–water partition coefficient (Wildman–Crippen LogP) is 3.76. The summed E-state index contributed by atoms with van der Waals surface area (Å²) in [6.07, 6.45) is 3.42. The standard InChI is InChI=1S/C24H23N5O3S/c1-31-20-8-6-19(7-9-20)29-23(18-10-12-25-13-11-18)27-28-24(29)33-16-22(30)26-15-17-4-3-5-21(14-17)32-2/h3-14H,15-16H2,1-2H3,(H,26,30). The molecule has 1 N–H and O–H groups in total. The van der Waals surface area contributed by atoms with E-state index < -0.39 is 0 Å². The van der Waals surface area contributed by atoms with Gasteiger partial charge in [0.25, 0.3) is 0 Å². The molecular formula is C24H23N5O3S. The fraction of sp³-hybridized carbons (Fsp3) is 0.167. The lowest BCUT2D eigenvalue weighted by Gasteiger charge is -2.11. The van der Waals surface area contributed by atoms with Crippen molar-refractivity contribution in [2.45, 2.75) is 11.7 Å². The van der Waals surface area contributed by atoms with Gasteiger partial charge in [0.15, 0.2) is 11.0 Å². The van der Waals surface area contributed by atoms with Crippen LogP contribution in [0.25, 0.3) is 17.1 Å². The number of aromatic nitrogens is 4. The number of hydrogen-bond donors (Lipinski definition) is 1. The van der Waals surface area contributed by atoms with Gasteiger partial charge < -0.3 is 14.8 Å². The molecule has 2 heterocycles. The quantitative estimate of drug-likeness (QED) is 0.380. The Morgan fingerprint density at radius 2 is 1.73 bits per heavy atom. The number of carbonyl (C=O) groups is 1. The highest BCUT2D eigenvalue weighted by Gasteiger charge is 2.17. The molecule has 168 valence electrons. The van der Waals surface area contributed by atoms with Gasteiger partial charge in [0.2, 0.25) is 5.91 Å². The molecule has 4 rings (SSSR count). The van der Waals surface area contributed by atoms with Gasteiger partial charge in [0.1, 0.15) is 11.5 Å². The van der Waals surface area contributed by atoms with E-state index in [1.165, 1.54) is 11.8 Å². The van der Waals surface area contributed by atoms with Gasteiger partial charge in [0, 0.05) is 30.2 Å². The van der Waals surface area contributed by atoms with E-state index in [0.717, 1.165) is 28.3 Å². The van der Waals surface area contributed by atoms with Gasteiger partial charge in [-0.1, -0.05) is 23.9 Å². The van der Waals surface area contributed by atoms with Crippen LogP contribution in [-0.2, 0) is 11.3 Å². The van der Waals surface area contributed by atoms with Gasteiger partial charge in [-0.25, -0.2) is 0 Å². The second kappa shape index (κ2) is 10.6. The molecule has 4 aromatic rings. The SMILES string of the molecule is COc1ccc(-n2c(SCC(=O)NCc3cccc(OC)c3)nnc2-c2ccncc2)cc1. The summed E-state index contributed by atoms with van der Waals surface area (Å²) in [5, 5.41) is 12.3. The summed E-state index contributed by atoms with van der Waals surface area (Å²) in [6, 6.07) is 19.0. The number of pyridine rings is 1. The average molecular weight is 462 g/mol. The third-order valence-corrected chi connectivity index (χ3v) is 5.79. The number of benzene rings is 2. The second-order valence-electron chi connectivity index (χ2n) is 6.99. The zero-order valence-electron chi connectivity index (χ0n) is 18.3. The van der Waals surface area contributed by atoms with Crippen LogP contribution in [0, 0.1) is 0 Å². The molecule has 0 atom stereocenters. The van der Waals surface area contributed by atoms with E-state index in [0.29, 0.717) is 17.5 Å². The smallest absolute Gasteiger partial charge is 0.230 e. The van der Waals surface area contributed by atoms with E-state index in [2.05, 4.69) is 20.5 Å². The molecule has 0 bridgehead atoms. The van der Waals surface area contributed by atoms with E-state index in [1.807, 2.05) is 65.2 Å². The molecule has 0 aliphatic carbocycles. The Bertz CT molecular complexity index is 1210. The maximum atomic E-state index is 12.5. The predicted molar refractivity (Wildman–Crippen MR) is 127 cm³/mol. The van der Waals surface area contributed by atoms with Gasteiger partial charge in [-0.05, 0) is 54.1 Å². The van der Waals surface area contributed by atoms with Gasteiger partial charge >= 0.3 is 0 Å². The number of nitrogens with one attached hydrogen (secondary N) is 1. The van der Waals surface area contributed by atoms with Crippen LogP contribution in [0.15, 0.2) is 78.2 Å². The molecule has 0 saturated carbocycles. The number of thioether (sulfide) groups is 1. The third kappa shape index (κ3) is 5.50. The lowest BCUT2D eigenvalue weighted by atomic mass is 10.2. The van der Waals surface area contributed by atoms with E-state index in [4.69, 9.17) is 9.47 Å². The first kappa shape index (κ1) is 22.3. The van der Waals surface area contributed by atoms with Crippen molar-refractivity contribution in [3.63, 3.8) is 0 Å². The highest BCUT2D eigenvalue weighted by molar-refractivity contribution is 7.99. The molecule has 2 aromatic carbocycles. The van der Waals surface area contributed by atoms with E-state index in [9.17, 15) is 4.79 Å². The lowest BCUT2D eigenvalue weighted by molar-refractivity contribution is -0.118. The van der Waals surface area contributed by atoms with Crippen molar-refractivity contribution in [1.29, 1.82) is 0 Å². The Hall–Kier alpha value is -3.85. The summed E-state index contributed by atoms with van der Waals surface area (Å²) in [6.45, 7) is 0.421. The third-order valence-electron chi connectivity index (χ3n) is 4.86. The van der Waals surface area contributed by atoms with E-state index in [1.54, 1.807) is 26.6 Å². The van der Waals surface area contributed by atoms with Crippen LogP contribution in [0.5, 0.6) is 11.5 Å². The van der Waals surface area contributed by atoms with Gasteiger partial charge in [-0.15, -0.1) is 10.2 Å². The van der Waals surface area contributed by atoms with Gasteiger partial charge in [0.05, 0.1) is 20.0 Å². The molecule has 0 saturated heterocycles. The first-order valence-electron chi connectivity index (χ1n) is 10.2. The summed E-state index contributed by atoms with van der Waals surface area (Å²) >= 11 is 1.32. The van der Waals surface area contributed by atoms with Crippen molar-refractivity contribution in [3.8, 4) is 28.6 Å². The number of carbonyl (C=O) groups excluding carboxylic acids is 1. The number of rotatable bonds is 9. The molecule has 1 amide bonds. The Morgan fingerprint density at radius 1 is 0.970 bits per heavy atom. The molecule has 0 unspecified atom stereocenters. The monoisotopic (exact) mass is 461 g/mol. The normalized spacial score (nSPS) is 10.6. The second-order valence-corrected chi connectivity index (χ2v) is 7.93. The highest BCUT2D eigenvalue weighted by atomic mass is 32.2. The Labute approximate surface area is 196 Å². The molecule has 0 spiro atoms. The molecule has 0 aliphatic heterocycles. The van der Waals surface area contributed by atoms with Crippen LogP contribution >= 0.6 is 11.8 Å². The van der Waals surface area contributed by atoms with Crippen LogP contribution in [-0.4, -0.2) is 45.6 Å². The number of methoxy groups -OCH3 is 2. The zero-order valence-corrected chi connectivity index (χ0v) is 19.1. The van der Waals surface area contributed by atoms with Gasteiger partial charge in [-0.3, -0.25) is 14.3 Å². The van der Waals surface area contributed by atoms with Crippen molar-refractivity contribution in [2.75, 3.05) is 20.0 Å². The van der Waals surface area contributed by atoms with Gasteiger partial charge in [-0.2, -0.15) is 0 Å². The van der Waals surface area contributed by atoms with Crippen molar-refractivity contribution in [2.24, 2.45) is 0 Å². The first-order chi connectivity index (χ1) is 16.2. The van der Waals surface area contributed by atoms with E-state index in [-0.39, 0.29) is 11.7 Å². The lowest BCUT2D eigenvalue weighted by Crippen LogP contribution is -2.24. The molecule has 0 radical (unpaired) electrons. The number of ether oxygens (including phenoxy) is 2. The number of hydrogen-bond acceptors (Lipinski definition) is 7. The number of nitrogens with zero attached hydrogens (tertiary/aromatic N) is 4.